The molecule has 14 heteroatoms. The Hall–Kier alpha value is -3.51. The molecule has 1 aromatic heterocycles. The van der Waals surface area contributed by atoms with Gasteiger partial charge in [-0.25, -0.2) is 9.36 Å². The molecule has 13 nitrogen and oxygen atoms in total. The van der Waals surface area contributed by atoms with Gasteiger partial charge in [0.15, 0.2) is 6.23 Å². The Morgan fingerprint density at radius 2 is 1.88 bits per heavy atom. The van der Waals surface area contributed by atoms with E-state index in [1.807, 2.05) is 0 Å². The molecule has 0 saturated heterocycles. The van der Waals surface area contributed by atoms with E-state index in [1.165, 1.54) is 10.8 Å². The van der Waals surface area contributed by atoms with Gasteiger partial charge in [-0.2, -0.15) is 0 Å². The van der Waals surface area contributed by atoms with E-state index in [0.717, 1.165) is 5.56 Å². The molecule has 2 aromatic rings. The van der Waals surface area contributed by atoms with Gasteiger partial charge in [-0.15, -0.1) is 0 Å². The largest absolute Gasteiger partial charge is 0.530 e. The molecule has 0 radical (unpaired) electrons. The quantitative estimate of drug-likeness (QED) is 0.197. The van der Waals surface area contributed by atoms with Crippen molar-refractivity contribution in [3.8, 4) is 5.75 Å². The van der Waals surface area contributed by atoms with Crippen molar-refractivity contribution in [2.45, 2.75) is 66.4 Å². The fourth-order valence-corrected chi connectivity index (χ4v) is 5.32. The van der Waals surface area contributed by atoms with Crippen LogP contribution in [0.2, 0.25) is 0 Å². The molecule has 2 aliphatic rings. The van der Waals surface area contributed by atoms with Crippen LogP contribution in [0.4, 0.5) is 0 Å². The number of phosphoric acid groups is 1. The first-order chi connectivity index (χ1) is 19.2. The molecule has 4 rings (SSSR count). The summed E-state index contributed by atoms with van der Waals surface area (Å²) in [6.07, 6.45) is 3.70. The highest BCUT2D eigenvalue weighted by Crippen LogP contribution is 2.55. The maximum absolute atomic E-state index is 13.2. The molecule has 222 valence electrons. The summed E-state index contributed by atoms with van der Waals surface area (Å²) < 4.78 is 46.7. The number of rotatable bonds is 9. The Labute approximate surface area is 236 Å². The highest BCUT2D eigenvalue weighted by molar-refractivity contribution is 7.49. The average molecular weight is 593 g/mol. The summed E-state index contributed by atoms with van der Waals surface area (Å²) in [6, 6.07) is 3.59. The minimum Gasteiger partial charge on any atom is -0.428 e. The van der Waals surface area contributed by atoms with Gasteiger partial charge < -0.3 is 18.7 Å². The van der Waals surface area contributed by atoms with Crippen LogP contribution >= 0.6 is 7.82 Å². The van der Waals surface area contributed by atoms with Crippen molar-refractivity contribution in [2.75, 3.05) is 13.4 Å². The van der Waals surface area contributed by atoms with Gasteiger partial charge in [0.1, 0.15) is 11.9 Å². The molecule has 0 fully saturated rings. The number of fused-ring (bicyclic) bond motifs is 1. The van der Waals surface area contributed by atoms with Crippen molar-refractivity contribution in [3.05, 3.63) is 73.6 Å². The second-order valence-electron chi connectivity index (χ2n) is 10.8. The van der Waals surface area contributed by atoms with Crippen LogP contribution < -0.4 is 15.8 Å². The number of aromatic amines is 1. The molecule has 3 heterocycles. The van der Waals surface area contributed by atoms with Crippen molar-refractivity contribution in [1.82, 2.24) is 9.55 Å². The number of ether oxygens (including phenoxy) is 3. The van der Waals surface area contributed by atoms with Gasteiger partial charge in [0, 0.05) is 23.7 Å². The Bertz CT molecular complexity index is 1520. The Balaban J connectivity index is 1.28. The van der Waals surface area contributed by atoms with Crippen LogP contribution in [-0.4, -0.2) is 41.0 Å². The first-order valence-corrected chi connectivity index (χ1v) is 14.4. The number of nitrogens with one attached hydrogen (secondary N) is 1. The van der Waals surface area contributed by atoms with E-state index in [2.05, 4.69) is 4.98 Å². The monoisotopic (exact) mass is 592 g/mol. The number of hydrogen-bond acceptors (Lipinski definition) is 11. The Kier molecular flexibility index (Phi) is 9.03. The van der Waals surface area contributed by atoms with E-state index in [9.17, 15) is 23.7 Å². The van der Waals surface area contributed by atoms with Crippen LogP contribution in [-0.2, 0) is 50.4 Å². The highest BCUT2D eigenvalue weighted by Gasteiger charge is 2.37. The normalized spacial score (nSPS) is 21.7. The highest BCUT2D eigenvalue weighted by atomic mass is 31.2. The third kappa shape index (κ3) is 7.62. The first kappa shape index (κ1) is 30.4. The predicted octanol–water partition coefficient (Wildman–Crippen LogP) is 3.36. The van der Waals surface area contributed by atoms with Gasteiger partial charge in [0.25, 0.3) is 5.56 Å². The zero-order valence-electron chi connectivity index (χ0n) is 23.5. The summed E-state index contributed by atoms with van der Waals surface area (Å²) in [5.74, 6) is -0.611. The number of carbonyl (C=O) groups excluding carboxylic acids is 2. The molecule has 0 bridgehead atoms. The van der Waals surface area contributed by atoms with E-state index in [0.29, 0.717) is 28.9 Å². The lowest BCUT2D eigenvalue weighted by Gasteiger charge is -2.27. The molecule has 3 atom stereocenters. The first-order valence-electron chi connectivity index (χ1n) is 12.9. The van der Waals surface area contributed by atoms with Gasteiger partial charge >= 0.3 is 25.5 Å². The molecule has 0 amide bonds. The molecule has 0 saturated carbocycles. The average Bonchev–Trinajstić information content (AvgIpc) is 3.37. The van der Waals surface area contributed by atoms with Gasteiger partial charge in [0.05, 0.1) is 18.6 Å². The molecule has 0 spiro atoms. The second-order valence-corrected chi connectivity index (χ2v) is 12.3. The zero-order chi connectivity index (χ0) is 29.9. The number of H-pyrrole nitrogens is 1. The van der Waals surface area contributed by atoms with Crippen molar-refractivity contribution in [1.29, 1.82) is 0 Å². The standard InChI is InChI=1S/C27H33N2O11P/c1-16-10-18(6-9-22(30)35-15-36-25(32)27(3,4)5)11-19-13-37-41(34,40-23(16)19)38-14-20-7-8-21(39-20)29-12-17(2)24(31)28-26(29)33/h7-8,10-12,20-21H,6,9,13-15H2,1-5H3,(H,28,31,33)/t20-,21+,41?/m0/s1. The van der Waals surface area contributed by atoms with Gasteiger partial charge in [0.2, 0.25) is 6.79 Å². The van der Waals surface area contributed by atoms with E-state index < -0.39 is 55.6 Å². The molecule has 1 unspecified atom stereocenters. The number of esters is 2. The number of carbonyl (C=O) groups is 2. The molecule has 2 aliphatic heterocycles. The number of benzene rings is 1. The molecule has 1 N–H and O–H groups in total. The van der Waals surface area contributed by atoms with Crippen LogP contribution in [0.5, 0.6) is 5.75 Å². The molecule has 41 heavy (non-hydrogen) atoms. The smallest absolute Gasteiger partial charge is 0.428 e. The second kappa shape index (κ2) is 12.2. The third-order valence-corrected chi connectivity index (χ3v) is 7.57. The maximum atomic E-state index is 13.2. The fraction of sp³-hybridized carbons (Fsp3) is 0.481. The van der Waals surface area contributed by atoms with E-state index >= 15 is 0 Å². The number of phosphoric ester groups is 1. The lowest BCUT2D eigenvalue weighted by atomic mass is 9.98. The van der Waals surface area contributed by atoms with Crippen molar-refractivity contribution < 1.29 is 41.9 Å². The summed E-state index contributed by atoms with van der Waals surface area (Å²) in [5, 5.41) is 0. The Morgan fingerprint density at radius 3 is 2.61 bits per heavy atom. The molecule has 0 aliphatic carbocycles. The fourth-order valence-electron chi connectivity index (χ4n) is 4.03. The number of nitrogens with zero attached hydrogens (tertiary/aromatic N) is 1. The van der Waals surface area contributed by atoms with Crippen LogP contribution in [0, 0.1) is 19.3 Å². The summed E-state index contributed by atoms with van der Waals surface area (Å²) in [6.45, 7) is 7.81. The molecular formula is C27H33N2O11P. The van der Waals surface area contributed by atoms with Crippen LogP contribution in [0.1, 0.15) is 55.7 Å². The topological polar surface area (TPSA) is 161 Å². The molecular weight excluding hydrogens is 559 g/mol. The van der Waals surface area contributed by atoms with E-state index in [1.54, 1.807) is 58.9 Å². The summed E-state index contributed by atoms with van der Waals surface area (Å²) in [4.78, 5) is 49.8. The summed E-state index contributed by atoms with van der Waals surface area (Å²) in [5.41, 5.74) is 0.717. The summed E-state index contributed by atoms with van der Waals surface area (Å²) >= 11 is 0. The van der Waals surface area contributed by atoms with Crippen molar-refractivity contribution in [2.24, 2.45) is 5.41 Å². The number of hydrogen-bond donors (Lipinski definition) is 1. The number of aryl methyl sites for hydroxylation is 3. The third-order valence-electron chi connectivity index (χ3n) is 6.25. The van der Waals surface area contributed by atoms with E-state index in [-0.39, 0.29) is 19.6 Å². The van der Waals surface area contributed by atoms with Crippen LogP contribution in [0.25, 0.3) is 0 Å². The zero-order valence-corrected chi connectivity index (χ0v) is 24.4. The minimum absolute atomic E-state index is 0.0372. The lowest BCUT2D eigenvalue weighted by molar-refractivity contribution is -0.173. The maximum Gasteiger partial charge on any atom is 0.530 e. The Morgan fingerprint density at radius 1 is 1.12 bits per heavy atom. The lowest BCUT2D eigenvalue weighted by Crippen LogP contribution is -2.33. The van der Waals surface area contributed by atoms with Gasteiger partial charge in [-0.3, -0.25) is 33.0 Å². The van der Waals surface area contributed by atoms with Gasteiger partial charge in [-0.05, 0) is 64.3 Å². The predicted molar refractivity (Wildman–Crippen MR) is 144 cm³/mol. The minimum atomic E-state index is -3.97. The van der Waals surface area contributed by atoms with E-state index in [4.69, 9.17) is 27.8 Å². The van der Waals surface area contributed by atoms with Crippen LogP contribution in [0.15, 0.2) is 40.1 Å². The number of aromatic nitrogens is 2. The summed E-state index contributed by atoms with van der Waals surface area (Å²) in [7, 11) is -3.97. The van der Waals surface area contributed by atoms with Crippen molar-refractivity contribution in [3.63, 3.8) is 0 Å². The van der Waals surface area contributed by atoms with Crippen LogP contribution in [0.3, 0.4) is 0 Å². The molecule has 1 aromatic carbocycles. The van der Waals surface area contributed by atoms with Gasteiger partial charge in [-0.1, -0.05) is 12.1 Å². The SMILES string of the molecule is Cc1cc(CCC(=O)OCOC(=O)C(C)(C)C)cc2c1OP(=O)(OC[C@@H]1C=C[C@H](n3cc(C)c(=O)[nH]c3=O)O1)OC2. The van der Waals surface area contributed by atoms with Crippen molar-refractivity contribution >= 4 is 19.8 Å².